The minimum Gasteiger partial charge on any atom is -0.496 e. The van der Waals surface area contributed by atoms with Gasteiger partial charge in [-0.05, 0) is 0 Å². The summed E-state index contributed by atoms with van der Waals surface area (Å²) in [6, 6.07) is 4.63. The van der Waals surface area contributed by atoms with E-state index in [0.29, 0.717) is 0 Å². The molecule has 3 aromatic rings. The summed E-state index contributed by atoms with van der Waals surface area (Å²) in [6.45, 7) is 0. The molecule has 1 aromatic heterocycles. The molecule has 1 heterocycles. The third-order valence-electron chi connectivity index (χ3n) is 4.91. The van der Waals surface area contributed by atoms with E-state index in [0.717, 1.165) is 36.8 Å². The molecule has 0 aliphatic heterocycles. The van der Waals surface area contributed by atoms with Gasteiger partial charge in [-0.15, -0.1) is 0 Å². The molecule has 0 radical (unpaired) electrons. The molecule has 13 nitrogen and oxygen atoms in total. The Labute approximate surface area is 208 Å². The molecule has 37 heavy (non-hydrogen) atoms. The molecule has 0 atom stereocenters. The molecule has 0 saturated heterocycles. The molecule has 13 heteroatoms. The van der Waals surface area contributed by atoms with Gasteiger partial charge in [-0.3, -0.25) is 0 Å². The maximum atomic E-state index is 12.8. The van der Waals surface area contributed by atoms with Gasteiger partial charge in [-0.1, -0.05) is 0 Å². The van der Waals surface area contributed by atoms with Gasteiger partial charge in [0.15, 0.2) is 0 Å². The number of esters is 2. The number of carbonyl (C=O) groups excluding carboxylic acids is 2. The van der Waals surface area contributed by atoms with Crippen molar-refractivity contribution in [2.75, 3.05) is 28.4 Å². The van der Waals surface area contributed by atoms with Crippen molar-refractivity contribution in [3.05, 3.63) is 59.0 Å². The van der Waals surface area contributed by atoms with E-state index in [1.54, 1.807) is 0 Å². The largest absolute Gasteiger partial charge is 0.496 e. The van der Waals surface area contributed by atoms with Crippen molar-refractivity contribution in [3.63, 3.8) is 0 Å². The number of rotatable bonds is 10. The standard InChI is InChI=1S/C24H20O13/c1-31-15-5-11(6-16(32-2)19(15)21(25)26)36-23(29)13-9-35-10-14(13)24(30)37-12-7-17(33-3)20(22(27)28)18(8-12)34-4/h5-10H,1-4H3,(H,25,26)(H,27,28). The summed E-state index contributed by atoms with van der Waals surface area (Å²) in [5.41, 5.74) is -1.19. The normalized spacial score (nSPS) is 10.3. The first-order chi connectivity index (χ1) is 17.6. The number of methoxy groups -OCH3 is 4. The molecule has 0 aliphatic carbocycles. The smallest absolute Gasteiger partial charge is 0.347 e. The third-order valence-corrected chi connectivity index (χ3v) is 4.91. The number of aromatic carboxylic acids is 2. The summed E-state index contributed by atoms with van der Waals surface area (Å²) in [5, 5.41) is 18.8. The average Bonchev–Trinajstić information content (AvgIpc) is 3.37. The first-order valence-corrected chi connectivity index (χ1v) is 10.1. The Balaban J connectivity index is 1.88. The molecule has 3 rings (SSSR count). The number of ether oxygens (including phenoxy) is 6. The SMILES string of the molecule is COc1cc(OC(=O)c2cocc2C(=O)Oc2cc(OC)c(C(=O)O)c(OC)c2)cc(OC)c1C(=O)O. The second kappa shape index (κ2) is 11.0. The van der Waals surface area contributed by atoms with E-state index in [9.17, 15) is 29.4 Å². The first kappa shape index (κ1) is 26.4. The van der Waals surface area contributed by atoms with Gasteiger partial charge in [-0.2, -0.15) is 0 Å². The van der Waals surface area contributed by atoms with E-state index >= 15 is 0 Å². The second-order valence-electron chi connectivity index (χ2n) is 6.99. The van der Waals surface area contributed by atoms with E-state index < -0.39 is 23.9 Å². The van der Waals surface area contributed by atoms with Crippen LogP contribution < -0.4 is 28.4 Å². The van der Waals surface area contributed by atoms with E-state index in [1.807, 2.05) is 0 Å². The molecule has 0 amide bonds. The predicted molar refractivity (Wildman–Crippen MR) is 122 cm³/mol. The monoisotopic (exact) mass is 516 g/mol. The Kier molecular flexibility index (Phi) is 7.87. The number of hydrogen-bond donors (Lipinski definition) is 2. The van der Waals surface area contributed by atoms with Crippen LogP contribution in [0.3, 0.4) is 0 Å². The predicted octanol–water partition coefficient (Wildman–Crippen LogP) is 3.15. The molecule has 0 saturated carbocycles. The summed E-state index contributed by atoms with van der Waals surface area (Å²) in [7, 11) is 4.90. The lowest BCUT2D eigenvalue weighted by Crippen LogP contribution is -2.16. The maximum absolute atomic E-state index is 12.8. The highest BCUT2D eigenvalue weighted by Crippen LogP contribution is 2.36. The van der Waals surface area contributed by atoms with Crippen LogP contribution >= 0.6 is 0 Å². The van der Waals surface area contributed by atoms with E-state index in [4.69, 9.17) is 32.8 Å². The molecule has 0 unspecified atom stereocenters. The fourth-order valence-corrected chi connectivity index (χ4v) is 3.25. The number of carboxylic acid groups (broad SMARTS) is 2. The fraction of sp³-hybridized carbons (Fsp3) is 0.167. The lowest BCUT2D eigenvalue weighted by atomic mass is 10.1. The van der Waals surface area contributed by atoms with Gasteiger partial charge in [0.25, 0.3) is 0 Å². The highest BCUT2D eigenvalue weighted by Gasteiger charge is 2.27. The number of hydrogen-bond acceptors (Lipinski definition) is 11. The van der Waals surface area contributed by atoms with E-state index in [1.165, 1.54) is 28.4 Å². The zero-order valence-electron chi connectivity index (χ0n) is 19.8. The Bertz CT molecular complexity index is 1220. The molecule has 194 valence electrons. The van der Waals surface area contributed by atoms with Crippen molar-refractivity contribution in [2.45, 2.75) is 0 Å². The summed E-state index contributed by atoms with van der Waals surface area (Å²) in [5.74, 6) is -5.52. The Morgan fingerprint density at radius 1 is 0.595 bits per heavy atom. The Morgan fingerprint density at radius 2 is 0.892 bits per heavy atom. The lowest BCUT2D eigenvalue weighted by Gasteiger charge is -2.13. The maximum Gasteiger partial charge on any atom is 0.347 e. The summed E-state index contributed by atoms with van der Waals surface area (Å²) >= 11 is 0. The zero-order chi connectivity index (χ0) is 27.3. The second-order valence-corrected chi connectivity index (χ2v) is 6.99. The van der Waals surface area contributed by atoms with Crippen LogP contribution in [0.5, 0.6) is 34.5 Å². The van der Waals surface area contributed by atoms with Crippen LogP contribution in [0.25, 0.3) is 0 Å². The topological polar surface area (TPSA) is 177 Å². The van der Waals surface area contributed by atoms with Gasteiger partial charge in [0.1, 0.15) is 69.3 Å². The van der Waals surface area contributed by atoms with Gasteiger partial charge >= 0.3 is 23.9 Å². The lowest BCUT2D eigenvalue weighted by molar-refractivity contribution is 0.0674. The number of benzene rings is 2. The molecule has 0 fully saturated rings. The molecule has 0 spiro atoms. The van der Waals surface area contributed by atoms with Crippen LogP contribution in [-0.2, 0) is 0 Å². The van der Waals surface area contributed by atoms with Gasteiger partial charge in [-0.25, -0.2) is 19.2 Å². The molecule has 2 aromatic carbocycles. The van der Waals surface area contributed by atoms with Gasteiger partial charge in [0.05, 0.1) is 28.4 Å². The molecule has 0 bridgehead atoms. The van der Waals surface area contributed by atoms with Crippen molar-refractivity contribution in [1.29, 1.82) is 0 Å². The molecular weight excluding hydrogens is 496 g/mol. The zero-order valence-corrected chi connectivity index (χ0v) is 19.8. The number of carbonyl (C=O) groups is 4. The van der Waals surface area contributed by atoms with Gasteiger partial charge in [0, 0.05) is 24.3 Å². The minimum atomic E-state index is -1.32. The summed E-state index contributed by atoms with van der Waals surface area (Å²) in [6.07, 6.45) is 1.90. The fourth-order valence-electron chi connectivity index (χ4n) is 3.25. The van der Waals surface area contributed by atoms with Crippen LogP contribution in [0.15, 0.2) is 41.2 Å². The Morgan fingerprint density at radius 3 is 1.14 bits per heavy atom. The van der Waals surface area contributed by atoms with Crippen LogP contribution in [0.1, 0.15) is 41.4 Å². The van der Waals surface area contributed by atoms with Crippen LogP contribution in [0, 0.1) is 0 Å². The highest BCUT2D eigenvalue weighted by atomic mass is 16.5. The first-order valence-electron chi connectivity index (χ1n) is 10.1. The van der Waals surface area contributed by atoms with Crippen molar-refractivity contribution >= 4 is 23.9 Å². The van der Waals surface area contributed by atoms with Crippen molar-refractivity contribution in [2.24, 2.45) is 0 Å². The van der Waals surface area contributed by atoms with Crippen molar-refractivity contribution in [3.8, 4) is 34.5 Å². The van der Waals surface area contributed by atoms with Crippen LogP contribution in [-0.4, -0.2) is 62.5 Å². The number of furan rings is 1. The summed E-state index contributed by atoms with van der Waals surface area (Å²) in [4.78, 5) is 48.6. The van der Waals surface area contributed by atoms with Gasteiger partial charge in [0.2, 0.25) is 0 Å². The quantitative estimate of drug-likeness (QED) is 0.297. The number of carboxylic acids is 2. The minimum absolute atomic E-state index is 0.130. The van der Waals surface area contributed by atoms with Crippen molar-refractivity contribution < 1.29 is 62.2 Å². The highest BCUT2D eigenvalue weighted by molar-refractivity contribution is 6.04. The van der Waals surface area contributed by atoms with Crippen molar-refractivity contribution in [1.82, 2.24) is 0 Å². The molecular formula is C24H20O13. The molecule has 0 aliphatic rings. The van der Waals surface area contributed by atoms with Crippen LogP contribution in [0.4, 0.5) is 0 Å². The van der Waals surface area contributed by atoms with Gasteiger partial charge < -0.3 is 43.1 Å². The average molecular weight is 516 g/mol. The van der Waals surface area contributed by atoms with E-state index in [-0.39, 0.29) is 56.8 Å². The van der Waals surface area contributed by atoms with E-state index in [2.05, 4.69) is 0 Å². The summed E-state index contributed by atoms with van der Waals surface area (Å²) < 4.78 is 35.7. The van der Waals surface area contributed by atoms with Crippen LogP contribution in [0.2, 0.25) is 0 Å². The molecule has 2 N–H and O–H groups in total. The third kappa shape index (κ3) is 5.40. The Hall–Kier alpha value is -5.20.